The van der Waals surface area contributed by atoms with E-state index in [2.05, 4.69) is 19.8 Å². The van der Waals surface area contributed by atoms with Crippen LogP contribution in [0.5, 0.6) is 17.2 Å². The molecule has 1 fully saturated rings. The first kappa shape index (κ1) is 40.7. The van der Waals surface area contributed by atoms with Crippen molar-refractivity contribution in [2.45, 2.75) is 20.0 Å². The molecule has 0 aliphatic carbocycles. The number of ketones is 1. The second-order valence-corrected chi connectivity index (χ2v) is 9.50. The van der Waals surface area contributed by atoms with Crippen LogP contribution >= 0.6 is 0 Å². The molecule has 1 heterocycles. The molecule has 224 valence electrons. The Morgan fingerprint density at radius 1 is 0.750 bits per heavy atom. The molecule has 10 nitrogen and oxygen atoms in total. The van der Waals surface area contributed by atoms with Crippen LogP contribution in [-0.4, -0.2) is 72.8 Å². The van der Waals surface area contributed by atoms with Crippen LogP contribution in [-0.2, 0) is 43.8 Å². The largest absolute Gasteiger partial charge is 2.00 e. The first-order chi connectivity index (χ1) is 19.8. The number of benzene rings is 3. The molecule has 2 N–H and O–H groups in total. The van der Waals surface area contributed by atoms with Gasteiger partial charge in [-0.2, -0.15) is 0 Å². The molecule has 0 atom stereocenters. The summed E-state index contributed by atoms with van der Waals surface area (Å²) in [4.78, 5) is 23.4. The minimum absolute atomic E-state index is 0. The van der Waals surface area contributed by atoms with Gasteiger partial charge in [0.2, 0.25) is 0 Å². The van der Waals surface area contributed by atoms with E-state index in [4.69, 9.17) is 0 Å². The van der Waals surface area contributed by atoms with Crippen LogP contribution in [0.2, 0.25) is 0 Å². The molecule has 3 aromatic rings. The van der Waals surface area contributed by atoms with Gasteiger partial charge < -0.3 is 25.9 Å². The summed E-state index contributed by atoms with van der Waals surface area (Å²) in [6.07, 6.45) is 4.14. The molecule has 12 heteroatoms. The molecule has 3 aromatic carbocycles. The minimum atomic E-state index is -0.187. The van der Waals surface area contributed by atoms with Crippen LogP contribution < -0.4 is 20.4 Å². The second kappa shape index (κ2) is 21.4. The van der Waals surface area contributed by atoms with Crippen LogP contribution in [0.25, 0.3) is 0 Å². The van der Waals surface area contributed by atoms with E-state index in [1.807, 2.05) is 24.3 Å². The molecule has 44 heavy (non-hydrogen) atoms. The number of hydrogen-bond donors (Lipinski definition) is 0. The Bertz CT molecular complexity index is 1310. The quantitative estimate of drug-likeness (QED) is 0.130. The molecule has 0 amide bonds. The fraction of sp³-hybridized carbons (Fsp3) is 0.281. The molecule has 0 radical (unpaired) electrons. The predicted octanol–water partition coefficient (Wildman–Crippen LogP) is 0.772. The van der Waals surface area contributed by atoms with Gasteiger partial charge >= 0.3 is 39.0 Å². The summed E-state index contributed by atoms with van der Waals surface area (Å²) in [6.45, 7) is 6.69. The molecule has 0 unspecified atom stereocenters. The molecule has 1 saturated heterocycles. The molecule has 0 saturated carbocycles. The van der Waals surface area contributed by atoms with Crippen molar-refractivity contribution in [2.75, 3.05) is 39.3 Å². The molecule has 0 spiro atoms. The SMILES string of the molecule is CC(=O)/C=C(/C)[O-].O.[O-]c1ccccc1C=NCCN1CCN(CCN=Cc2ccccc2[O-])C1c1ccccc1[O-].[Zn+2].[Zn+2]. The molecule has 4 rings (SSSR count). The van der Waals surface area contributed by atoms with E-state index in [0.29, 0.717) is 37.3 Å². The van der Waals surface area contributed by atoms with E-state index in [-0.39, 0.29) is 79.4 Å². The fourth-order valence-electron chi connectivity index (χ4n) is 4.45. The number of carbonyl (C=O) groups is 1. The Labute approximate surface area is 284 Å². The average Bonchev–Trinajstić information content (AvgIpc) is 3.33. The van der Waals surface area contributed by atoms with Gasteiger partial charge in [0.1, 0.15) is 0 Å². The van der Waals surface area contributed by atoms with Crippen molar-refractivity contribution in [3.63, 3.8) is 0 Å². The van der Waals surface area contributed by atoms with E-state index >= 15 is 0 Å². The Kier molecular flexibility index (Phi) is 19.8. The van der Waals surface area contributed by atoms with Crippen LogP contribution in [0.3, 0.4) is 0 Å². The van der Waals surface area contributed by atoms with Gasteiger partial charge in [-0.25, -0.2) is 0 Å². The van der Waals surface area contributed by atoms with E-state index in [1.165, 1.54) is 26.0 Å². The third-order valence-corrected chi connectivity index (χ3v) is 6.30. The fourth-order valence-corrected chi connectivity index (χ4v) is 4.45. The summed E-state index contributed by atoms with van der Waals surface area (Å²) in [7, 11) is 0. The summed E-state index contributed by atoms with van der Waals surface area (Å²) in [5, 5.41) is 46.3. The maximum Gasteiger partial charge on any atom is 2.00 e. The molecular weight excluding hydrogens is 667 g/mol. The number of hydrogen-bond acceptors (Lipinski definition) is 9. The van der Waals surface area contributed by atoms with Gasteiger partial charge in [0.15, 0.2) is 5.78 Å². The van der Waals surface area contributed by atoms with Crippen molar-refractivity contribution in [2.24, 2.45) is 9.98 Å². The Hall–Kier alpha value is -3.26. The van der Waals surface area contributed by atoms with Crippen molar-refractivity contribution < 1.29 is 69.7 Å². The molecule has 1 aliphatic heterocycles. The number of aliphatic imine (C=N–C) groups is 2. The van der Waals surface area contributed by atoms with Crippen molar-refractivity contribution in [3.8, 4) is 17.2 Å². The van der Waals surface area contributed by atoms with Crippen molar-refractivity contribution in [3.05, 3.63) is 101 Å². The Morgan fingerprint density at radius 2 is 1.16 bits per heavy atom. The van der Waals surface area contributed by atoms with E-state index < -0.39 is 0 Å². The number of nitrogens with zero attached hydrogens (tertiary/aromatic N) is 4. The van der Waals surface area contributed by atoms with Gasteiger partial charge in [-0.3, -0.25) is 24.6 Å². The van der Waals surface area contributed by atoms with E-state index in [1.54, 1.807) is 48.8 Å². The smallest absolute Gasteiger partial charge is 0.876 e. The van der Waals surface area contributed by atoms with Gasteiger partial charge in [-0.15, -0.1) is 23.0 Å². The van der Waals surface area contributed by atoms with Crippen LogP contribution in [0.15, 0.2) is 94.6 Å². The van der Waals surface area contributed by atoms with Crippen LogP contribution in [0, 0.1) is 0 Å². The molecule has 0 bridgehead atoms. The van der Waals surface area contributed by atoms with Gasteiger partial charge in [0.25, 0.3) is 0 Å². The summed E-state index contributed by atoms with van der Waals surface area (Å²) < 4.78 is 0. The topological polar surface area (TPSA) is 172 Å². The summed E-state index contributed by atoms with van der Waals surface area (Å²) >= 11 is 0. The first-order valence-corrected chi connectivity index (χ1v) is 13.4. The predicted molar refractivity (Wildman–Crippen MR) is 157 cm³/mol. The molecular formula is C32H36N4O6Zn2. The number of allylic oxidation sites excluding steroid dienone is 2. The monoisotopic (exact) mass is 700 g/mol. The summed E-state index contributed by atoms with van der Waals surface area (Å²) in [5.41, 5.74) is 1.89. The molecule has 0 aromatic heterocycles. The number of rotatable bonds is 10. The first-order valence-electron chi connectivity index (χ1n) is 13.4. The zero-order chi connectivity index (χ0) is 29.6. The molecule has 1 aliphatic rings. The van der Waals surface area contributed by atoms with E-state index in [9.17, 15) is 25.2 Å². The summed E-state index contributed by atoms with van der Waals surface area (Å²) in [5.74, 6) is -0.453. The van der Waals surface area contributed by atoms with Crippen molar-refractivity contribution in [1.82, 2.24) is 9.80 Å². The third kappa shape index (κ3) is 13.2. The number of para-hydroxylation sites is 3. The standard InChI is InChI=1S/C27H30N4O3.C5H8O2.H2O.2Zn/c32-24-10-4-1-7-21(24)19-28-13-15-30-17-18-31(27(30)23-9-3-6-12-26(23)34)16-14-29-20-22-8-2-5-11-25(22)33;1-4(6)3-5(2)7;;;/h1-12,19-20,27,32-34H,13-18H2;3,6H,1-2H3;1H2;;/q;;;2*+2/p-4/b;4-3-;;;. The zero-order valence-corrected chi connectivity index (χ0v) is 31.2. The van der Waals surface area contributed by atoms with Crippen LogP contribution in [0.4, 0.5) is 0 Å². The van der Waals surface area contributed by atoms with E-state index in [0.717, 1.165) is 24.7 Å². The third-order valence-electron chi connectivity index (χ3n) is 6.30. The maximum absolute atomic E-state index is 12.6. The van der Waals surface area contributed by atoms with Gasteiger partial charge in [0.05, 0.1) is 19.3 Å². The summed E-state index contributed by atoms with van der Waals surface area (Å²) in [6, 6.07) is 20.8. The Balaban J connectivity index is 0.00000166. The van der Waals surface area contributed by atoms with Crippen molar-refractivity contribution >= 4 is 18.2 Å². The Morgan fingerprint density at radius 3 is 1.52 bits per heavy atom. The average molecular weight is 703 g/mol. The van der Waals surface area contributed by atoms with Crippen molar-refractivity contribution in [1.29, 1.82) is 0 Å². The van der Waals surface area contributed by atoms with Crippen LogP contribution in [0.1, 0.15) is 36.7 Å². The second-order valence-electron chi connectivity index (χ2n) is 9.50. The maximum atomic E-state index is 12.6. The van der Waals surface area contributed by atoms with Gasteiger partial charge in [0, 0.05) is 38.6 Å². The number of carbonyl (C=O) groups excluding carboxylic acids is 1. The minimum Gasteiger partial charge on any atom is -0.876 e. The van der Waals surface area contributed by atoms with Gasteiger partial charge in [-0.05, 0) is 29.7 Å². The zero-order valence-electron chi connectivity index (χ0n) is 25.2. The van der Waals surface area contributed by atoms with Gasteiger partial charge in [-0.1, -0.05) is 79.7 Å². The normalized spacial score (nSPS) is 15.1.